The molecule has 1 aliphatic heterocycles. The fourth-order valence-corrected chi connectivity index (χ4v) is 4.33. The summed E-state index contributed by atoms with van der Waals surface area (Å²) in [7, 11) is 0. The predicted molar refractivity (Wildman–Crippen MR) is 81.9 cm³/mol. The van der Waals surface area contributed by atoms with Crippen LogP contribution in [0, 0.1) is 11.8 Å². The number of rotatable bonds is 3. The summed E-state index contributed by atoms with van der Waals surface area (Å²) >= 11 is 0. The lowest BCUT2D eigenvalue weighted by atomic mass is 9.95. The molecule has 108 valence electrons. The van der Waals surface area contributed by atoms with E-state index in [1.807, 2.05) is 6.20 Å². The molecule has 0 radical (unpaired) electrons. The van der Waals surface area contributed by atoms with E-state index in [2.05, 4.69) is 27.3 Å². The van der Waals surface area contributed by atoms with Gasteiger partial charge in [0.25, 0.3) is 0 Å². The lowest BCUT2D eigenvalue weighted by Gasteiger charge is -2.24. The molecule has 0 spiro atoms. The van der Waals surface area contributed by atoms with Crippen LogP contribution in [0.3, 0.4) is 0 Å². The monoisotopic (exact) mass is 272 g/mol. The van der Waals surface area contributed by atoms with Gasteiger partial charge in [0.2, 0.25) is 0 Å². The number of anilines is 2. The number of fused-ring (bicyclic) bond motifs is 2. The van der Waals surface area contributed by atoms with E-state index in [0.717, 1.165) is 37.2 Å². The van der Waals surface area contributed by atoms with Crippen molar-refractivity contribution in [2.24, 2.45) is 17.6 Å². The van der Waals surface area contributed by atoms with Crippen molar-refractivity contribution in [2.75, 3.05) is 23.3 Å². The predicted octanol–water partition coefficient (Wildman–Crippen LogP) is 2.22. The van der Waals surface area contributed by atoms with Gasteiger partial charge in [0, 0.05) is 43.1 Å². The van der Waals surface area contributed by atoms with Crippen LogP contribution in [0.2, 0.25) is 0 Å². The Morgan fingerprint density at radius 1 is 1.25 bits per heavy atom. The topological polar surface area (TPSA) is 54.2 Å². The fraction of sp³-hybridized carbons (Fsp3) is 0.688. The molecule has 3 unspecified atom stereocenters. The van der Waals surface area contributed by atoms with Crippen molar-refractivity contribution in [3.8, 4) is 0 Å². The number of hydrogen-bond donors (Lipinski definition) is 2. The summed E-state index contributed by atoms with van der Waals surface area (Å²) in [6.45, 7) is 2.04. The first kappa shape index (κ1) is 12.5. The lowest BCUT2D eigenvalue weighted by Crippen LogP contribution is -2.27. The van der Waals surface area contributed by atoms with Gasteiger partial charge in [-0.3, -0.25) is 0 Å². The number of nitrogens with two attached hydrogens (primary N) is 1. The van der Waals surface area contributed by atoms with Gasteiger partial charge in [0.05, 0.1) is 0 Å². The van der Waals surface area contributed by atoms with Crippen LogP contribution in [0.5, 0.6) is 0 Å². The van der Waals surface area contributed by atoms with E-state index in [4.69, 9.17) is 5.73 Å². The molecule has 3 N–H and O–H groups in total. The smallest absolute Gasteiger partial charge is 0.128 e. The van der Waals surface area contributed by atoms with Gasteiger partial charge >= 0.3 is 0 Å². The van der Waals surface area contributed by atoms with Crippen LogP contribution in [0.4, 0.5) is 11.5 Å². The molecule has 1 aromatic heterocycles. The van der Waals surface area contributed by atoms with E-state index in [1.165, 1.54) is 31.4 Å². The van der Waals surface area contributed by atoms with Crippen molar-refractivity contribution in [1.82, 2.24) is 4.98 Å². The van der Waals surface area contributed by atoms with Crippen LogP contribution >= 0.6 is 0 Å². The Hall–Kier alpha value is -1.29. The number of nitrogens with one attached hydrogen (secondary N) is 1. The van der Waals surface area contributed by atoms with E-state index < -0.39 is 0 Å². The second-order valence-corrected chi connectivity index (χ2v) is 6.82. The minimum absolute atomic E-state index is 0.324. The fourth-order valence-electron chi connectivity index (χ4n) is 4.33. The summed E-state index contributed by atoms with van der Waals surface area (Å²) < 4.78 is 0. The molecule has 20 heavy (non-hydrogen) atoms. The average molecular weight is 272 g/mol. The van der Waals surface area contributed by atoms with Crippen molar-refractivity contribution in [2.45, 2.75) is 44.2 Å². The highest BCUT2D eigenvalue weighted by Gasteiger charge is 2.39. The maximum atomic E-state index is 6.00. The Morgan fingerprint density at radius 2 is 2.20 bits per heavy atom. The van der Waals surface area contributed by atoms with Crippen LogP contribution in [0.1, 0.15) is 32.1 Å². The highest BCUT2D eigenvalue weighted by molar-refractivity contribution is 5.55. The zero-order chi connectivity index (χ0) is 13.5. The summed E-state index contributed by atoms with van der Waals surface area (Å²) in [6.07, 6.45) is 8.64. The molecule has 0 aromatic carbocycles. The highest BCUT2D eigenvalue weighted by Crippen LogP contribution is 2.45. The minimum Gasteiger partial charge on any atom is -0.370 e. The third kappa shape index (κ3) is 2.26. The quantitative estimate of drug-likeness (QED) is 0.886. The van der Waals surface area contributed by atoms with E-state index >= 15 is 0 Å². The van der Waals surface area contributed by atoms with E-state index in [0.29, 0.717) is 12.1 Å². The van der Waals surface area contributed by atoms with Crippen molar-refractivity contribution in [3.63, 3.8) is 0 Å². The molecule has 4 nitrogen and oxygen atoms in total. The largest absolute Gasteiger partial charge is 0.370 e. The number of pyridine rings is 1. The Morgan fingerprint density at radius 3 is 2.90 bits per heavy atom. The van der Waals surface area contributed by atoms with Crippen LogP contribution in [-0.4, -0.2) is 30.2 Å². The van der Waals surface area contributed by atoms with Gasteiger partial charge < -0.3 is 16.0 Å². The van der Waals surface area contributed by atoms with Crippen LogP contribution in [0.25, 0.3) is 0 Å². The maximum absolute atomic E-state index is 6.00. The molecule has 4 atom stereocenters. The first-order chi connectivity index (χ1) is 9.78. The maximum Gasteiger partial charge on any atom is 0.128 e. The molecule has 3 fully saturated rings. The number of hydrogen-bond acceptors (Lipinski definition) is 4. The van der Waals surface area contributed by atoms with Crippen LogP contribution in [-0.2, 0) is 0 Å². The zero-order valence-electron chi connectivity index (χ0n) is 12.0. The first-order valence-corrected chi connectivity index (χ1v) is 8.01. The Kier molecular flexibility index (Phi) is 3.06. The third-order valence-corrected chi connectivity index (χ3v) is 5.40. The van der Waals surface area contributed by atoms with Gasteiger partial charge in [0.1, 0.15) is 5.82 Å². The SMILES string of the molecule is N[C@@H]1CCN(c2ccnc(NC3CC4CCC3C4)c2)C1. The summed E-state index contributed by atoms with van der Waals surface area (Å²) in [5.74, 6) is 2.89. The normalized spacial score (nSPS) is 35.8. The van der Waals surface area contributed by atoms with Crippen LogP contribution in [0.15, 0.2) is 18.3 Å². The molecule has 1 aromatic rings. The van der Waals surface area contributed by atoms with Gasteiger partial charge in [-0.05, 0) is 43.6 Å². The molecule has 2 aliphatic carbocycles. The van der Waals surface area contributed by atoms with E-state index in [-0.39, 0.29) is 0 Å². The Labute approximate surface area is 120 Å². The molecular formula is C16H24N4. The second kappa shape index (κ2) is 4.92. The van der Waals surface area contributed by atoms with Crippen LogP contribution < -0.4 is 16.0 Å². The van der Waals surface area contributed by atoms with Gasteiger partial charge in [0.15, 0.2) is 0 Å². The minimum atomic E-state index is 0.324. The lowest BCUT2D eigenvalue weighted by molar-refractivity contribution is 0.439. The number of aromatic nitrogens is 1. The summed E-state index contributed by atoms with van der Waals surface area (Å²) in [5, 5.41) is 3.68. The van der Waals surface area contributed by atoms with Gasteiger partial charge in [-0.1, -0.05) is 6.42 Å². The summed E-state index contributed by atoms with van der Waals surface area (Å²) in [5.41, 5.74) is 7.26. The molecule has 0 amide bonds. The van der Waals surface area contributed by atoms with Crippen molar-refractivity contribution in [1.29, 1.82) is 0 Å². The molecule has 2 saturated carbocycles. The average Bonchev–Trinajstić information content (AvgIpc) is 3.15. The van der Waals surface area contributed by atoms with E-state index in [1.54, 1.807) is 0 Å². The van der Waals surface area contributed by atoms with Crippen molar-refractivity contribution in [3.05, 3.63) is 18.3 Å². The highest BCUT2D eigenvalue weighted by atomic mass is 15.2. The number of nitrogens with zero attached hydrogens (tertiary/aromatic N) is 2. The summed E-state index contributed by atoms with van der Waals surface area (Å²) in [4.78, 5) is 6.88. The zero-order valence-corrected chi connectivity index (χ0v) is 12.0. The molecule has 3 aliphatic rings. The molecule has 4 rings (SSSR count). The van der Waals surface area contributed by atoms with E-state index in [9.17, 15) is 0 Å². The molecule has 4 heteroatoms. The first-order valence-electron chi connectivity index (χ1n) is 8.01. The summed E-state index contributed by atoms with van der Waals surface area (Å²) in [6, 6.07) is 5.27. The Bertz CT molecular complexity index is 489. The van der Waals surface area contributed by atoms with Gasteiger partial charge in [-0.15, -0.1) is 0 Å². The van der Waals surface area contributed by atoms with Crippen molar-refractivity contribution >= 4 is 11.5 Å². The second-order valence-electron chi connectivity index (χ2n) is 6.82. The van der Waals surface area contributed by atoms with Gasteiger partial charge in [-0.25, -0.2) is 4.98 Å². The Balaban J connectivity index is 1.46. The molecule has 2 heterocycles. The molecule has 2 bridgehead atoms. The third-order valence-electron chi connectivity index (χ3n) is 5.40. The molecular weight excluding hydrogens is 248 g/mol. The van der Waals surface area contributed by atoms with Gasteiger partial charge in [-0.2, -0.15) is 0 Å². The molecule has 1 saturated heterocycles. The van der Waals surface area contributed by atoms with Crippen molar-refractivity contribution < 1.29 is 0 Å². The standard InChI is InChI=1S/C16H24N4/c17-13-4-6-20(10-13)14-3-5-18-16(9-14)19-15-8-11-1-2-12(15)7-11/h3,5,9,11-13,15H,1-2,4,6-8,10,17H2,(H,18,19)/t11?,12?,13-,15?/m1/s1.